The molecule has 180 valence electrons. The molecule has 4 rings (SSSR count). The summed E-state index contributed by atoms with van der Waals surface area (Å²) >= 11 is 0. The van der Waals surface area contributed by atoms with Gasteiger partial charge in [-0.15, -0.1) is 0 Å². The summed E-state index contributed by atoms with van der Waals surface area (Å²) in [4.78, 5) is 15.4. The lowest BCUT2D eigenvalue weighted by Crippen LogP contribution is -2.33. The van der Waals surface area contributed by atoms with E-state index in [1.165, 1.54) is 25.9 Å². The van der Waals surface area contributed by atoms with E-state index in [4.69, 9.17) is 24.6 Å². The topological polar surface area (TPSA) is 95.3 Å². The lowest BCUT2D eigenvalue weighted by molar-refractivity contribution is 0.153. The van der Waals surface area contributed by atoms with Crippen LogP contribution in [0.3, 0.4) is 0 Å². The number of amides is 1. The standard InChI is InChI=1S/C11H20N2O2.C9H7NO2.C2H6O.C2H6/c1-12-5-2-10(3-6-12)4-7-13-8-9-15-11(13)14;10-6-7-1-2-8-9(5-7)12-4-3-11-8;1-2-3;1-2/h10H,2-9H2,1H3;1-2,5H,3-4H2;3H,2H2,1H3;1-2H3. The van der Waals surface area contributed by atoms with Crippen molar-refractivity contribution in [2.24, 2.45) is 5.92 Å². The van der Waals surface area contributed by atoms with Crippen molar-refractivity contribution in [1.29, 1.82) is 5.26 Å². The van der Waals surface area contributed by atoms with E-state index in [1.807, 2.05) is 24.8 Å². The molecule has 0 radical (unpaired) electrons. The van der Waals surface area contributed by atoms with Crippen molar-refractivity contribution in [1.82, 2.24) is 9.80 Å². The van der Waals surface area contributed by atoms with Gasteiger partial charge in [-0.3, -0.25) is 0 Å². The van der Waals surface area contributed by atoms with Gasteiger partial charge in [-0.2, -0.15) is 5.26 Å². The van der Waals surface area contributed by atoms with Gasteiger partial charge in [0.2, 0.25) is 0 Å². The van der Waals surface area contributed by atoms with Crippen LogP contribution >= 0.6 is 0 Å². The third kappa shape index (κ3) is 9.75. The molecule has 0 spiro atoms. The van der Waals surface area contributed by atoms with Crippen molar-refractivity contribution in [3.8, 4) is 17.6 Å². The maximum atomic E-state index is 11.2. The quantitative estimate of drug-likeness (QED) is 0.754. The second kappa shape index (κ2) is 16.2. The highest BCUT2D eigenvalue weighted by molar-refractivity contribution is 5.69. The van der Waals surface area contributed by atoms with Crippen molar-refractivity contribution in [2.45, 2.75) is 40.0 Å². The minimum atomic E-state index is -0.122. The number of fused-ring (bicyclic) bond motifs is 1. The Morgan fingerprint density at radius 2 is 1.69 bits per heavy atom. The second-order valence-electron chi connectivity index (χ2n) is 7.42. The third-order valence-electron chi connectivity index (χ3n) is 5.16. The van der Waals surface area contributed by atoms with Crippen LogP contribution in [0, 0.1) is 17.2 Å². The van der Waals surface area contributed by atoms with Crippen LogP contribution in [-0.4, -0.2) is 80.7 Å². The average molecular weight is 450 g/mol. The number of likely N-dealkylation sites (tertiary alicyclic amines) is 1. The van der Waals surface area contributed by atoms with Crippen LogP contribution in [0.5, 0.6) is 11.5 Å². The molecule has 2 fully saturated rings. The van der Waals surface area contributed by atoms with Gasteiger partial charge in [-0.05, 0) is 64.4 Å². The lowest BCUT2D eigenvalue weighted by Gasteiger charge is -2.29. The van der Waals surface area contributed by atoms with Crippen LogP contribution in [0.15, 0.2) is 18.2 Å². The van der Waals surface area contributed by atoms with E-state index in [2.05, 4.69) is 11.9 Å². The number of aliphatic hydroxyl groups excluding tert-OH is 1. The van der Waals surface area contributed by atoms with Crippen molar-refractivity contribution in [2.75, 3.05) is 59.7 Å². The molecule has 0 saturated carbocycles. The Balaban J connectivity index is 0.000000271. The van der Waals surface area contributed by atoms with E-state index in [1.54, 1.807) is 25.1 Å². The fourth-order valence-corrected chi connectivity index (χ4v) is 3.43. The number of carbonyl (C=O) groups is 1. The van der Waals surface area contributed by atoms with Crippen LogP contribution < -0.4 is 9.47 Å². The molecule has 3 aliphatic rings. The zero-order valence-corrected chi connectivity index (χ0v) is 20.0. The Morgan fingerprint density at radius 1 is 1.06 bits per heavy atom. The number of rotatable bonds is 3. The monoisotopic (exact) mass is 449 g/mol. The summed E-state index contributed by atoms with van der Waals surface area (Å²) in [7, 11) is 2.17. The molecule has 1 aromatic rings. The van der Waals surface area contributed by atoms with E-state index >= 15 is 0 Å². The summed E-state index contributed by atoms with van der Waals surface area (Å²) in [6.45, 7) is 11.7. The molecule has 8 heteroatoms. The highest BCUT2D eigenvalue weighted by Crippen LogP contribution is 2.30. The van der Waals surface area contributed by atoms with Crippen LogP contribution in [-0.2, 0) is 4.74 Å². The molecule has 0 atom stereocenters. The zero-order chi connectivity index (χ0) is 23.8. The molecule has 0 aromatic heterocycles. The minimum absolute atomic E-state index is 0.122. The summed E-state index contributed by atoms with van der Waals surface area (Å²) in [6, 6.07) is 7.20. The predicted octanol–water partition coefficient (Wildman–Crippen LogP) is 3.52. The Kier molecular flexibility index (Phi) is 13.9. The van der Waals surface area contributed by atoms with E-state index < -0.39 is 0 Å². The largest absolute Gasteiger partial charge is 0.486 e. The number of nitrogens with zero attached hydrogens (tertiary/aromatic N) is 3. The SMILES string of the molecule is CC.CCO.CN1CCC(CCN2CCOC2=O)CC1.N#Cc1ccc2c(c1)OCCO2. The van der Waals surface area contributed by atoms with Crippen molar-refractivity contribution < 1.29 is 24.1 Å². The van der Waals surface area contributed by atoms with Gasteiger partial charge in [0, 0.05) is 19.2 Å². The molecule has 2 saturated heterocycles. The van der Waals surface area contributed by atoms with Gasteiger partial charge in [0.05, 0.1) is 18.2 Å². The van der Waals surface area contributed by atoms with E-state index in [9.17, 15) is 4.79 Å². The molecule has 0 bridgehead atoms. The Hall–Kier alpha value is -2.50. The summed E-state index contributed by atoms with van der Waals surface area (Å²) < 4.78 is 15.5. The fraction of sp³-hybridized carbons (Fsp3) is 0.667. The molecule has 32 heavy (non-hydrogen) atoms. The maximum absolute atomic E-state index is 11.2. The molecule has 3 heterocycles. The van der Waals surface area contributed by atoms with Gasteiger partial charge in [-0.25, -0.2) is 4.79 Å². The first-order chi connectivity index (χ1) is 15.6. The summed E-state index contributed by atoms with van der Waals surface area (Å²) in [6.07, 6.45) is 3.57. The van der Waals surface area contributed by atoms with Crippen molar-refractivity contribution in [3.63, 3.8) is 0 Å². The Morgan fingerprint density at radius 3 is 2.25 bits per heavy atom. The van der Waals surface area contributed by atoms with Crippen LogP contribution in [0.1, 0.15) is 45.6 Å². The number of ether oxygens (including phenoxy) is 3. The molecule has 0 aliphatic carbocycles. The smallest absolute Gasteiger partial charge is 0.409 e. The van der Waals surface area contributed by atoms with E-state index in [-0.39, 0.29) is 12.7 Å². The molecule has 1 N–H and O–H groups in total. The highest BCUT2D eigenvalue weighted by Gasteiger charge is 2.23. The minimum Gasteiger partial charge on any atom is -0.486 e. The third-order valence-corrected chi connectivity index (χ3v) is 5.16. The molecule has 3 aliphatic heterocycles. The van der Waals surface area contributed by atoms with Crippen LogP contribution in [0.25, 0.3) is 0 Å². The number of aliphatic hydroxyl groups is 1. The highest BCUT2D eigenvalue weighted by atomic mass is 16.6. The summed E-state index contributed by atoms with van der Waals surface area (Å²) in [5.74, 6) is 2.19. The Bertz CT molecular complexity index is 699. The van der Waals surface area contributed by atoms with Gasteiger partial charge in [0.25, 0.3) is 0 Å². The molecule has 8 nitrogen and oxygen atoms in total. The number of carbonyl (C=O) groups excluding carboxylic acids is 1. The first kappa shape index (κ1) is 27.5. The molecule has 0 unspecified atom stereocenters. The average Bonchev–Trinajstić information content (AvgIpc) is 3.25. The second-order valence-corrected chi connectivity index (χ2v) is 7.42. The van der Waals surface area contributed by atoms with Gasteiger partial charge in [0.15, 0.2) is 11.5 Å². The van der Waals surface area contributed by atoms with Gasteiger partial charge in [0.1, 0.15) is 19.8 Å². The van der Waals surface area contributed by atoms with Gasteiger partial charge >= 0.3 is 6.09 Å². The fourth-order valence-electron chi connectivity index (χ4n) is 3.43. The van der Waals surface area contributed by atoms with Crippen LogP contribution in [0.4, 0.5) is 4.79 Å². The first-order valence-electron chi connectivity index (χ1n) is 11.6. The summed E-state index contributed by atoms with van der Waals surface area (Å²) in [5, 5.41) is 16.2. The van der Waals surface area contributed by atoms with Crippen LogP contribution in [0.2, 0.25) is 0 Å². The first-order valence-corrected chi connectivity index (χ1v) is 11.6. The number of cyclic esters (lactones) is 1. The van der Waals surface area contributed by atoms with E-state index in [0.29, 0.717) is 31.1 Å². The number of piperidine rings is 1. The van der Waals surface area contributed by atoms with Gasteiger partial charge in [-0.1, -0.05) is 13.8 Å². The molecular weight excluding hydrogens is 410 g/mol. The molecular formula is C24H39N3O5. The number of nitriles is 1. The summed E-state index contributed by atoms with van der Waals surface area (Å²) in [5.41, 5.74) is 0.597. The lowest BCUT2D eigenvalue weighted by atomic mass is 9.94. The van der Waals surface area contributed by atoms with Gasteiger partial charge < -0.3 is 29.1 Å². The van der Waals surface area contributed by atoms with E-state index in [0.717, 1.165) is 31.2 Å². The molecule has 1 amide bonds. The zero-order valence-electron chi connectivity index (χ0n) is 20.0. The maximum Gasteiger partial charge on any atom is 0.409 e. The molecule has 1 aromatic carbocycles. The van der Waals surface area contributed by atoms with Crippen molar-refractivity contribution in [3.05, 3.63) is 23.8 Å². The normalized spacial score (nSPS) is 17.4. The number of benzene rings is 1. The number of hydrogen-bond acceptors (Lipinski definition) is 7. The Labute approximate surface area is 192 Å². The van der Waals surface area contributed by atoms with Crippen molar-refractivity contribution >= 4 is 6.09 Å². The number of hydrogen-bond donors (Lipinski definition) is 1. The predicted molar refractivity (Wildman–Crippen MR) is 124 cm³/mol.